The first-order chi connectivity index (χ1) is 6.93. The van der Waals surface area contributed by atoms with Crippen LogP contribution in [0, 0.1) is 5.82 Å². The third-order valence-electron chi connectivity index (χ3n) is 1.54. The molecule has 0 fully saturated rings. The van der Waals surface area contributed by atoms with Crippen LogP contribution in [0.2, 0.25) is 0 Å². The van der Waals surface area contributed by atoms with Gasteiger partial charge in [-0.2, -0.15) is 0 Å². The highest BCUT2D eigenvalue weighted by Crippen LogP contribution is 2.09. The van der Waals surface area contributed by atoms with Gasteiger partial charge in [-0.3, -0.25) is 0 Å². The predicted octanol–water partition coefficient (Wildman–Crippen LogP) is 1.08. The van der Waals surface area contributed by atoms with Gasteiger partial charge in [0.1, 0.15) is 0 Å². The lowest BCUT2D eigenvalue weighted by molar-refractivity contribution is 0.546. The van der Waals surface area contributed by atoms with Crippen LogP contribution in [0.3, 0.4) is 0 Å². The lowest BCUT2D eigenvalue weighted by atomic mass is 10.4. The van der Waals surface area contributed by atoms with Crippen molar-refractivity contribution in [3.05, 3.63) is 36.3 Å². The van der Waals surface area contributed by atoms with Crippen molar-refractivity contribution in [2.24, 2.45) is 0 Å². The molecule has 4 nitrogen and oxygen atoms in total. The van der Waals surface area contributed by atoms with Crippen molar-refractivity contribution in [2.45, 2.75) is 11.9 Å². The van der Waals surface area contributed by atoms with Crippen LogP contribution in [-0.4, -0.2) is 19.9 Å². The average Bonchev–Trinajstić information content (AvgIpc) is 2.15. The van der Waals surface area contributed by atoms with E-state index in [2.05, 4.69) is 16.3 Å². The van der Waals surface area contributed by atoms with Crippen LogP contribution >= 0.6 is 0 Å². The zero-order chi connectivity index (χ0) is 11.5. The topological polar surface area (TPSA) is 59.1 Å². The standard InChI is InChI=1S/C9H11FN2O2S/c1-7(2)6-12-15(13,14)9-8(10)4-3-5-11-9/h3-5,12H,1,6H2,2H3. The second kappa shape index (κ2) is 4.50. The maximum absolute atomic E-state index is 13.1. The Morgan fingerprint density at radius 2 is 2.33 bits per heavy atom. The summed E-state index contributed by atoms with van der Waals surface area (Å²) in [6.45, 7) is 5.26. The number of halogens is 1. The molecule has 1 rings (SSSR count). The highest BCUT2D eigenvalue weighted by Gasteiger charge is 2.19. The molecule has 15 heavy (non-hydrogen) atoms. The summed E-state index contributed by atoms with van der Waals surface area (Å²) >= 11 is 0. The zero-order valence-electron chi connectivity index (χ0n) is 8.20. The lowest BCUT2D eigenvalue weighted by Gasteiger charge is -2.05. The Hall–Kier alpha value is -1.27. The number of rotatable bonds is 4. The Bertz CT molecular complexity index is 471. The van der Waals surface area contributed by atoms with Crippen LogP contribution in [0.15, 0.2) is 35.5 Å². The molecular formula is C9H11FN2O2S. The first-order valence-corrected chi connectivity index (χ1v) is 5.66. The van der Waals surface area contributed by atoms with Crippen molar-refractivity contribution in [3.63, 3.8) is 0 Å². The number of hydrogen-bond acceptors (Lipinski definition) is 3. The van der Waals surface area contributed by atoms with Gasteiger partial charge in [-0.1, -0.05) is 12.2 Å². The van der Waals surface area contributed by atoms with E-state index in [4.69, 9.17) is 0 Å². The second-order valence-corrected chi connectivity index (χ2v) is 4.75. The van der Waals surface area contributed by atoms with Gasteiger partial charge < -0.3 is 0 Å². The highest BCUT2D eigenvalue weighted by atomic mass is 32.2. The number of aromatic nitrogens is 1. The molecular weight excluding hydrogens is 219 g/mol. The summed E-state index contributed by atoms with van der Waals surface area (Å²) in [6, 6.07) is 2.37. The summed E-state index contributed by atoms with van der Waals surface area (Å²) in [4.78, 5) is 3.47. The van der Waals surface area contributed by atoms with E-state index in [9.17, 15) is 12.8 Å². The molecule has 1 aromatic heterocycles. The summed E-state index contributed by atoms with van der Waals surface area (Å²) < 4.78 is 38.3. The number of nitrogens with one attached hydrogen (secondary N) is 1. The third-order valence-corrected chi connectivity index (χ3v) is 2.88. The van der Waals surface area contributed by atoms with Crippen molar-refractivity contribution >= 4 is 10.0 Å². The number of hydrogen-bond donors (Lipinski definition) is 1. The Morgan fingerprint density at radius 1 is 1.67 bits per heavy atom. The predicted molar refractivity (Wildman–Crippen MR) is 54.2 cm³/mol. The molecule has 0 aromatic carbocycles. The van der Waals surface area contributed by atoms with Gasteiger partial charge in [0.15, 0.2) is 5.82 Å². The maximum Gasteiger partial charge on any atom is 0.261 e. The molecule has 0 amide bonds. The van der Waals surface area contributed by atoms with Crippen LogP contribution in [0.4, 0.5) is 4.39 Å². The quantitative estimate of drug-likeness (QED) is 0.787. The van der Waals surface area contributed by atoms with Gasteiger partial charge in [-0.05, 0) is 19.1 Å². The van der Waals surface area contributed by atoms with E-state index >= 15 is 0 Å². The van der Waals surface area contributed by atoms with Crippen LogP contribution in [0.5, 0.6) is 0 Å². The van der Waals surface area contributed by atoms with E-state index in [0.29, 0.717) is 5.57 Å². The Morgan fingerprint density at radius 3 is 2.87 bits per heavy atom. The summed E-state index contributed by atoms with van der Waals surface area (Å²) in [5, 5.41) is -0.591. The van der Waals surface area contributed by atoms with Crippen LogP contribution in [-0.2, 0) is 10.0 Å². The third kappa shape index (κ3) is 3.10. The molecule has 0 saturated carbocycles. The molecule has 0 saturated heterocycles. The smallest absolute Gasteiger partial charge is 0.241 e. The monoisotopic (exact) mass is 230 g/mol. The Kier molecular flexibility index (Phi) is 3.54. The van der Waals surface area contributed by atoms with Gasteiger partial charge in [-0.25, -0.2) is 22.5 Å². The molecule has 0 atom stereocenters. The van der Waals surface area contributed by atoms with Crippen LogP contribution in [0.25, 0.3) is 0 Å². The van der Waals surface area contributed by atoms with Crippen LogP contribution in [0.1, 0.15) is 6.92 Å². The average molecular weight is 230 g/mol. The van der Waals surface area contributed by atoms with Gasteiger partial charge in [-0.15, -0.1) is 0 Å². The summed E-state index contributed by atoms with van der Waals surface area (Å²) in [5.74, 6) is -0.869. The molecule has 82 valence electrons. The number of sulfonamides is 1. The molecule has 0 aliphatic heterocycles. The largest absolute Gasteiger partial charge is 0.261 e. The first-order valence-electron chi connectivity index (χ1n) is 4.18. The van der Waals surface area contributed by atoms with Crippen molar-refractivity contribution in [3.8, 4) is 0 Å². The van der Waals surface area contributed by atoms with E-state index in [1.54, 1.807) is 6.92 Å². The fourth-order valence-electron chi connectivity index (χ4n) is 0.856. The lowest BCUT2D eigenvalue weighted by Crippen LogP contribution is -2.26. The fourth-order valence-corrected chi connectivity index (χ4v) is 1.95. The van der Waals surface area contributed by atoms with Crippen LogP contribution < -0.4 is 4.72 Å². The molecule has 0 unspecified atom stereocenters. The molecule has 6 heteroatoms. The second-order valence-electron chi connectivity index (χ2n) is 3.07. The normalized spacial score (nSPS) is 11.3. The van der Waals surface area contributed by atoms with Crippen molar-refractivity contribution in [1.82, 2.24) is 9.71 Å². The first kappa shape index (κ1) is 11.8. The number of pyridine rings is 1. The van der Waals surface area contributed by atoms with E-state index in [0.717, 1.165) is 6.07 Å². The zero-order valence-corrected chi connectivity index (χ0v) is 9.01. The van der Waals surface area contributed by atoms with E-state index in [-0.39, 0.29) is 6.54 Å². The van der Waals surface area contributed by atoms with E-state index < -0.39 is 20.9 Å². The van der Waals surface area contributed by atoms with Gasteiger partial charge in [0.05, 0.1) is 0 Å². The van der Waals surface area contributed by atoms with Crippen molar-refractivity contribution < 1.29 is 12.8 Å². The molecule has 0 aliphatic carbocycles. The van der Waals surface area contributed by atoms with E-state index in [1.807, 2.05) is 0 Å². The molecule has 1 N–H and O–H groups in total. The van der Waals surface area contributed by atoms with Gasteiger partial charge in [0, 0.05) is 12.7 Å². The fraction of sp³-hybridized carbons (Fsp3) is 0.222. The van der Waals surface area contributed by atoms with Gasteiger partial charge >= 0.3 is 0 Å². The minimum absolute atomic E-state index is 0.0678. The van der Waals surface area contributed by atoms with Crippen molar-refractivity contribution in [1.29, 1.82) is 0 Å². The minimum atomic E-state index is -3.88. The molecule has 1 aromatic rings. The SMILES string of the molecule is C=C(C)CNS(=O)(=O)c1ncccc1F. The van der Waals surface area contributed by atoms with Gasteiger partial charge in [0.25, 0.3) is 10.0 Å². The molecule has 0 spiro atoms. The van der Waals surface area contributed by atoms with Crippen molar-refractivity contribution in [2.75, 3.05) is 6.54 Å². The summed E-state index contributed by atoms with van der Waals surface area (Å²) in [5.41, 5.74) is 0.634. The molecule has 0 aliphatic rings. The molecule has 0 bridgehead atoms. The highest BCUT2D eigenvalue weighted by molar-refractivity contribution is 7.89. The Balaban J connectivity index is 2.97. The number of nitrogens with zero attached hydrogens (tertiary/aromatic N) is 1. The molecule has 0 radical (unpaired) electrons. The maximum atomic E-state index is 13.1. The minimum Gasteiger partial charge on any atom is -0.241 e. The summed E-state index contributed by atoms with van der Waals surface area (Å²) in [6.07, 6.45) is 1.22. The van der Waals surface area contributed by atoms with E-state index in [1.165, 1.54) is 12.3 Å². The van der Waals surface area contributed by atoms with Gasteiger partial charge in [0.2, 0.25) is 5.03 Å². The Labute approximate surface area is 87.9 Å². The molecule has 1 heterocycles. The summed E-state index contributed by atoms with van der Waals surface area (Å²) in [7, 11) is -3.88.